The van der Waals surface area contributed by atoms with Gasteiger partial charge in [-0.15, -0.1) is 6.58 Å². The minimum Gasteiger partial charge on any atom is -0.103 e. The van der Waals surface area contributed by atoms with Gasteiger partial charge in [0.1, 0.15) is 0 Å². The first kappa shape index (κ1) is 10.5. The van der Waals surface area contributed by atoms with Gasteiger partial charge in [-0.1, -0.05) is 30.6 Å². The molecule has 0 unspecified atom stereocenters. The summed E-state index contributed by atoms with van der Waals surface area (Å²) in [7, 11) is 0. The summed E-state index contributed by atoms with van der Waals surface area (Å²) in [6.07, 6.45) is 6.90. The Morgan fingerprint density at radius 3 is 2.36 bits per heavy atom. The predicted octanol–water partition coefficient (Wildman–Crippen LogP) is 4.09. The molecule has 0 amide bonds. The topological polar surface area (TPSA) is 0 Å². The molecule has 0 aliphatic heterocycles. The van der Waals surface area contributed by atoms with Crippen molar-refractivity contribution in [1.29, 1.82) is 0 Å². The smallest absolute Gasteiger partial charge is 0.0142 e. The second kappa shape index (κ2) is 6.21. The van der Waals surface area contributed by atoms with Gasteiger partial charge in [0.15, 0.2) is 0 Å². The number of hydrogen-bond donors (Lipinski definition) is 0. The van der Waals surface area contributed by atoms with Crippen LogP contribution < -0.4 is 0 Å². The number of hydrogen-bond acceptors (Lipinski definition) is 0. The SMILES string of the molecule is C=CCC(C)=C(C)CCCC. The minimum absolute atomic E-state index is 1.05. The normalized spacial score (nSPS) is 12.6. The van der Waals surface area contributed by atoms with Crippen molar-refractivity contribution in [3.8, 4) is 0 Å². The molecule has 0 spiro atoms. The first-order valence-corrected chi connectivity index (χ1v) is 4.48. The van der Waals surface area contributed by atoms with Crippen LogP contribution in [0.3, 0.4) is 0 Å². The third-order valence-electron chi connectivity index (χ3n) is 2.08. The number of rotatable bonds is 5. The van der Waals surface area contributed by atoms with Gasteiger partial charge in [-0.2, -0.15) is 0 Å². The molecule has 0 nitrogen and oxygen atoms in total. The molecule has 0 saturated carbocycles. The van der Waals surface area contributed by atoms with E-state index in [4.69, 9.17) is 0 Å². The van der Waals surface area contributed by atoms with Crippen LogP contribution in [-0.2, 0) is 0 Å². The standard InChI is InChI=1S/C11H20/c1-5-7-9-11(4)10(3)8-6-2/h6H,2,5,7-9H2,1,3-4H3. The molecule has 0 radical (unpaired) electrons. The summed E-state index contributed by atoms with van der Waals surface area (Å²) < 4.78 is 0. The van der Waals surface area contributed by atoms with Crippen molar-refractivity contribution in [1.82, 2.24) is 0 Å². The van der Waals surface area contributed by atoms with Crippen LogP contribution in [0.1, 0.15) is 46.5 Å². The summed E-state index contributed by atoms with van der Waals surface area (Å²) in [5.41, 5.74) is 3.04. The fourth-order valence-electron chi connectivity index (χ4n) is 1.05. The van der Waals surface area contributed by atoms with Gasteiger partial charge in [0.05, 0.1) is 0 Å². The Kier molecular flexibility index (Phi) is 5.91. The van der Waals surface area contributed by atoms with Gasteiger partial charge in [0.25, 0.3) is 0 Å². The van der Waals surface area contributed by atoms with E-state index in [1.54, 1.807) is 5.57 Å². The molecule has 11 heavy (non-hydrogen) atoms. The maximum Gasteiger partial charge on any atom is -0.0142 e. The van der Waals surface area contributed by atoms with Crippen LogP contribution in [0, 0.1) is 0 Å². The van der Waals surface area contributed by atoms with E-state index in [2.05, 4.69) is 27.4 Å². The molecule has 0 saturated heterocycles. The van der Waals surface area contributed by atoms with Crippen LogP contribution in [0.5, 0.6) is 0 Å². The molecular formula is C11H20. The summed E-state index contributed by atoms with van der Waals surface area (Å²) >= 11 is 0. The summed E-state index contributed by atoms with van der Waals surface area (Å²) in [4.78, 5) is 0. The summed E-state index contributed by atoms with van der Waals surface area (Å²) in [6, 6.07) is 0. The predicted molar refractivity (Wildman–Crippen MR) is 52.7 cm³/mol. The molecule has 0 aromatic heterocycles. The largest absolute Gasteiger partial charge is 0.103 e. The van der Waals surface area contributed by atoms with E-state index < -0.39 is 0 Å². The molecule has 0 aliphatic carbocycles. The molecule has 0 heteroatoms. The molecule has 0 N–H and O–H groups in total. The highest BCUT2D eigenvalue weighted by Gasteiger charge is 1.93. The number of allylic oxidation sites excluding steroid dienone is 3. The zero-order valence-corrected chi connectivity index (χ0v) is 8.11. The Morgan fingerprint density at radius 1 is 1.27 bits per heavy atom. The Hall–Kier alpha value is -0.520. The van der Waals surface area contributed by atoms with Gasteiger partial charge in [0, 0.05) is 0 Å². The van der Waals surface area contributed by atoms with Gasteiger partial charge in [-0.3, -0.25) is 0 Å². The van der Waals surface area contributed by atoms with E-state index in [0.717, 1.165) is 6.42 Å². The monoisotopic (exact) mass is 152 g/mol. The van der Waals surface area contributed by atoms with E-state index in [1.165, 1.54) is 24.8 Å². The van der Waals surface area contributed by atoms with Crippen molar-refractivity contribution in [2.24, 2.45) is 0 Å². The maximum absolute atomic E-state index is 3.73. The second-order valence-corrected chi connectivity index (χ2v) is 3.16. The van der Waals surface area contributed by atoms with Crippen LogP contribution >= 0.6 is 0 Å². The molecule has 0 aromatic carbocycles. The highest BCUT2D eigenvalue weighted by molar-refractivity contribution is 5.12. The number of unbranched alkanes of at least 4 members (excludes halogenated alkanes) is 1. The molecular weight excluding hydrogens is 132 g/mol. The van der Waals surface area contributed by atoms with Gasteiger partial charge in [0.2, 0.25) is 0 Å². The molecule has 0 bridgehead atoms. The lowest BCUT2D eigenvalue weighted by atomic mass is 10.0. The van der Waals surface area contributed by atoms with Crippen molar-refractivity contribution in [2.45, 2.75) is 46.5 Å². The van der Waals surface area contributed by atoms with Crippen LogP contribution in [0.4, 0.5) is 0 Å². The Labute approximate surface area is 71.0 Å². The molecule has 64 valence electrons. The van der Waals surface area contributed by atoms with Crippen LogP contribution in [-0.4, -0.2) is 0 Å². The maximum atomic E-state index is 3.73. The first-order chi connectivity index (χ1) is 5.22. The lowest BCUT2D eigenvalue weighted by Crippen LogP contribution is -1.83. The Bertz CT molecular complexity index is 140. The van der Waals surface area contributed by atoms with Crippen LogP contribution in [0.15, 0.2) is 23.8 Å². The Morgan fingerprint density at radius 2 is 1.91 bits per heavy atom. The average Bonchev–Trinajstić information content (AvgIpc) is 2.00. The van der Waals surface area contributed by atoms with E-state index in [1.807, 2.05) is 6.08 Å². The van der Waals surface area contributed by atoms with Crippen molar-refractivity contribution in [2.75, 3.05) is 0 Å². The third kappa shape index (κ3) is 4.83. The van der Waals surface area contributed by atoms with Crippen LogP contribution in [0.2, 0.25) is 0 Å². The summed E-state index contributed by atoms with van der Waals surface area (Å²) in [5.74, 6) is 0. The van der Waals surface area contributed by atoms with E-state index in [9.17, 15) is 0 Å². The average molecular weight is 152 g/mol. The molecule has 0 rings (SSSR count). The third-order valence-corrected chi connectivity index (χ3v) is 2.08. The molecule has 0 fully saturated rings. The fourth-order valence-corrected chi connectivity index (χ4v) is 1.05. The second-order valence-electron chi connectivity index (χ2n) is 3.16. The molecule has 0 aromatic rings. The Balaban J connectivity index is 3.82. The highest BCUT2D eigenvalue weighted by atomic mass is 14.0. The van der Waals surface area contributed by atoms with Crippen molar-refractivity contribution >= 4 is 0 Å². The zero-order chi connectivity index (χ0) is 8.69. The van der Waals surface area contributed by atoms with Crippen molar-refractivity contribution in [3.05, 3.63) is 23.8 Å². The fraction of sp³-hybridized carbons (Fsp3) is 0.636. The van der Waals surface area contributed by atoms with E-state index in [0.29, 0.717) is 0 Å². The van der Waals surface area contributed by atoms with Crippen LogP contribution in [0.25, 0.3) is 0 Å². The van der Waals surface area contributed by atoms with E-state index in [-0.39, 0.29) is 0 Å². The van der Waals surface area contributed by atoms with Crippen molar-refractivity contribution < 1.29 is 0 Å². The quantitative estimate of drug-likeness (QED) is 0.520. The minimum atomic E-state index is 1.05. The molecule has 0 aliphatic rings. The van der Waals surface area contributed by atoms with Gasteiger partial charge in [-0.05, 0) is 33.1 Å². The summed E-state index contributed by atoms with van der Waals surface area (Å²) in [5, 5.41) is 0. The lowest BCUT2D eigenvalue weighted by molar-refractivity contribution is 0.778. The van der Waals surface area contributed by atoms with Gasteiger partial charge >= 0.3 is 0 Å². The highest BCUT2D eigenvalue weighted by Crippen LogP contribution is 2.14. The molecule has 0 heterocycles. The van der Waals surface area contributed by atoms with Gasteiger partial charge in [-0.25, -0.2) is 0 Å². The van der Waals surface area contributed by atoms with Crippen molar-refractivity contribution in [3.63, 3.8) is 0 Å². The molecule has 0 atom stereocenters. The van der Waals surface area contributed by atoms with E-state index >= 15 is 0 Å². The van der Waals surface area contributed by atoms with Gasteiger partial charge < -0.3 is 0 Å². The first-order valence-electron chi connectivity index (χ1n) is 4.48. The lowest BCUT2D eigenvalue weighted by Gasteiger charge is -2.04. The zero-order valence-electron chi connectivity index (χ0n) is 8.11. The summed E-state index contributed by atoms with van der Waals surface area (Å²) in [6.45, 7) is 10.4.